The molecular formula is C14H17ClFN3O. The van der Waals surface area contributed by atoms with Crippen molar-refractivity contribution in [2.45, 2.75) is 25.2 Å². The Hall–Kier alpha value is -1.17. The van der Waals surface area contributed by atoms with E-state index in [0.717, 1.165) is 16.9 Å². The van der Waals surface area contributed by atoms with Crippen molar-refractivity contribution in [3.63, 3.8) is 0 Å². The topological polar surface area (TPSA) is 41.3 Å². The van der Waals surface area contributed by atoms with E-state index in [2.05, 4.69) is 4.98 Å². The van der Waals surface area contributed by atoms with Crippen LogP contribution in [0.5, 0.6) is 0 Å². The minimum absolute atomic E-state index is 0.0177. The van der Waals surface area contributed by atoms with Gasteiger partial charge >= 0.3 is 0 Å². The van der Waals surface area contributed by atoms with E-state index >= 15 is 0 Å². The van der Waals surface area contributed by atoms with Crippen LogP contribution in [0.4, 0.5) is 4.39 Å². The molecule has 0 bridgehead atoms. The van der Waals surface area contributed by atoms with Gasteiger partial charge in [0.25, 0.3) is 0 Å². The zero-order valence-corrected chi connectivity index (χ0v) is 12.0. The van der Waals surface area contributed by atoms with Crippen LogP contribution in [0.25, 0.3) is 11.0 Å². The summed E-state index contributed by atoms with van der Waals surface area (Å²) < 4.78 is 15.4. The first-order chi connectivity index (χ1) is 9.58. The number of nitrogens with zero attached hydrogens (tertiary/aromatic N) is 3. The van der Waals surface area contributed by atoms with E-state index in [1.807, 2.05) is 34.7 Å². The molecule has 1 aliphatic rings. The summed E-state index contributed by atoms with van der Waals surface area (Å²) in [4.78, 5) is 6.52. The van der Waals surface area contributed by atoms with Gasteiger partial charge in [0.15, 0.2) is 0 Å². The molecule has 20 heavy (non-hydrogen) atoms. The monoisotopic (exact) mass is 297 g/mol. The zero-order valence-electron chi connectivity index (χ0n) is 11.3. The Balaban J connectivity index is 1.89. The zero-order chi connectivity index (χ0) is 14.3. The third kappa shape index (κ3) is 2.41. The van der Waals surface area contributed by atoms with Crippen molar-refractivity contribution in [2.24, 2.45) is 7.05 Å². The summed E-state index contributed by atoms with van der Waals surface area (Å²) in [5.41, 5.74) is 1.84. The van der Waals surface area contributed by atoms with Crippen molar-refractivity contribution in [1.82, 2.24) is 14.5 Å². The Kier molecular flexibility index (Phi) is 3.67. The number of halogens is 2. The first kappa shape index (κ1) is 13.8. The van der Waals surface area contributed by atoms with E-state index in [-0.39, 0.29) is 12.6 Å². The number of aliphatic hydroxyl groups is 1. The normalized spacial score (nSPS) is 23.8. The molecule has 3 rings (SSSR count). The predicted octanol–water partition coefficient (Wildman–Crippen LogP) is 2.13. The number of benzene rings is 1. The Morgan fingerprint density at radius 2 is 2.30 bits per heavy atom. The maximum Gasteiger partial charge on any atom is 0.123 e. The molecule has 0 aliphatic carbocycles. The summed E-state index contributed by atoms with van der Waals surface area (Å²) >= 11 is 6.00. The molecule has 0 spiro atoms. The number of aryl methyl sites for hydroxylation is 1. The van der Waals surface area contributed by atoms with Gasteiger partial charge in [-0.05, 0) is 24.6 Å². The maximum absolute atomic E-state index is 13.5. The predicted molar refractivity (Wildman–Crippen MR) is 76.5 cm³/mol. The highest BCUT2D eigenvalue weighted by Gasteiger charge is 2.32. The summed E-state index contributed by atoms with van der Waals surface area (Å²) in [6, 6.07) is 5.45. The number of aromatic nitrogens is 2. The number of imidazole rings is 1. The van der Waals surface area contributed by atoms with Crippen molar-refractivity contribution in [3.05, 3.63) is 29.0 Å². The van der Waals surface area contributed by atoms with Gasteiger partial charge in [-0.25, -0.2) is 9.37 Å². The van der Waals surface area contributed by atoms with Crippen LogP contribution in [0.15, 0.2) is 18.2 Å². The third-order valence-corrected chi connectivity index (χ3v) is 4.20. The standard InChI is InChI=1S/C14H17ClFN3O/c1-18-13-4-9(15)2-3-12(13)17-14(18)7-19-6-10(16)5-11(19)8-20/h2-4,10-11,20H,5-8H2,1H3/t10-,11-/m0/s1. The molecular weight excluding hydrogens is 281 g/mol. The van der Waals surface area contributed by atoms with Gasteiger partial charge in [-0.1, -0.05) is 11.6 Å². The molecule has 1 fully saturated rings. The second-order valence-corrected chi connectivity index (χ2v) is 5.76. The molecule has 6 heteroatoms. The highest BCUT2D eigenvalue weighted by atomic mass is 35.5. The fraction of sp³-hybridized carbons (Fsp3) is 0.500. The number of hydrogen-bond donors (Lipinski definition) is 1. The summed E-state index contributed by atoms with van der Waals surface area (Å²) in [7, 11) is 1.93. The minimum Gasteiger partial charge on any atom is -0.395 e. The van der Waals surface area contributed by atoms with E-state index in [0.29, 0.717) is 24.5 Å². The van der Waals surface area contributed by atoms with E-state index in [4.69, 9.17) is 11.6 Å². The number of rotatable bonds is 3. The molecule has 108 valence electrons. The molecule has 1 aromatic heterocycles. The minimum atomic E-state index is -0.865. The van der Waals surface area contributed by atoms with Gasteiger partial charge in [-0.3, -0.25) is 4.90 Å². The molecule has 2 atom stereocenters. The lowest BCUT2D eigenvalue weighted by atomic mass is 10.2. The third-order valence-electron chi connectivity index (χ3n) is 3.97. The first-order valence-corrected chi connectivity index (χ1v) is 7.06. The highest BCUT2D eigenvalue weighted by Crippen LogP contribution is 2.24. The molecule has 1 N–H and O–H groups in total. The Bertz CT molecular complexity index is 630. The Labute approximate surface area is 121 Å². The van der Waals surface area contributed by atoms with Crippen molar-refractivity contribution in [3.8, 4) is 0 Å². The molecule has 2 aromatic rings. The van der Waals surface area contributed by atoms with Crippen LogP contribution in [-0.2, 0) is 13.6 Å². The number of hydrogen-bond acceptors (Lipinski definition) is 3. The molecule has 0 unspecified atom stereocenters. The van der Waals surface area contributed by atoms with E-state index in [1.165, 1.54) is 0 Å². The van der Waals surface area contributed by atoms with Crippen LogP contribution in [0, 0.1) is 0 Å². The first-order valence-electron chi connectivity index (χ1n) is 6.68. The lowest BCUT2D eigenvalue weighted by Gasteiger charge is -2.21. The SMILES string of the molecule is Cn1c(CN2C[C@@H](F)C[C@H]2CO)nc2ccc(Cl)cc21. The molecule has 1 aromatic carbocycles. The largest absolute Gasteiger partial charge is 0.395 e. The molecule has 1 aliphatic heterocycles. The van der Waals surface area contributed by atoms with Gasteiger partial charge < -0.3 is 9.67 Å². The fourth-order valence-electron chi connectivity index (χ4n) is 2.84. The van der Waals surface area contributed by atoms with Crippen molar-refractivity contribution >= 4 is 22.6 Å². The number of alkyl halides is 1. The van der Waals surface area contributed by atoms with Gasteiger partial charge in [0.05, 0.1) is 24.2 Å². The van der Waals surface area contributed by atoms with Gasteiger partial charge in [0.2, 0.25) is 0 Å². The summed E-state index contributed by atoms with van der Waals surface area (Å²) in [6.45, 7) is 0.875. The fourth-order valence-corrected chi connectivity index (χ4v) is 3.01. The second-order valence-electron chi connectivity index (χ2n) is 5.32. The summed E-state index contributed by atoms with van der Waals surface area (Å²) in [6.07, 6.45) is -0.469. The van der Waals surface area contributed by atoms with Crippen LogP contribution in [-0.4, -0.2) is 44.9 Å². The van der Waals surface area contributed by atoms with Gasteiger partial charge in [0, 0.05) is 24.7 Å². The summed E-state index contributed by atoms with van der Waals surface area (Å²) in [5, 5.41) is 10.00. The molecule has 0 saturated carbocycles. The van der Waals surface area contributed by atoms with Crippen LogP contribution >= 0.6 is 11.6 Å². The maximum atomic E-state index is 13.5. The van der Waals surface area contributed by atoms with Crippen molar-refractivity contribution in [1.29, 1.82) is 0 Å². The molecule has 4 nitrogen and oxygen atoms in total. The Morgan fingerprint density at radius 3 is 3.05 bits per heavy atom. The van der Waals surface area contributed by atoms with E-state index in [1.54, 1.807) is 0 Å². The van der Waals surface area contributed by atoms with Crippen molar-refractivity contribution in [2.75, 3.05) is 13.2 Å². The van der Waals surface area contributed by atoms with Crippen LogP contribution in [0.1, 0.15) is 12.2 Å². The average Bonchev–Trinajstić information content (AvgIpc) is 2.92. The number of aliphatic hydroxyl groups excluding tert-OH is 1. The van der Waals surface area contributed by atoms with Crippen molar-refractivity contribution < 1.29 is 9.50 Å². The van der Waals surface area contributed by atoms with Crippen LogP contribution in [0.2, 0.25) is 5.02 Å². The molecule has 1 saturated heterocycles. The van der Waals surface area contributed by atoms with Gasteiger partial charge in [-0.2, -0.15) is 0 Å². The average molecular weight is 298 g/mol. The highest BCUT2D eigenvalue weighted by molar-refractivity contribution is 6.31. The molecule has 0 radical (unpaired) electrons. The van der Waals surface area contributed by atoms with Crippen LogP contribution in [0.3, 0.4) is 0 Å². The molecule has 2 heterocycles. The number of fused-ring (bicyclic) bond motifs is 1. The van der Waals surface area contributed by atoms with Gasteiger partial charge in [0.1, 0.15) is 12.0 Å². The summed E-state index contributed by atoms with van der Waals surface area (Å²) in [5.74, 6) is 0.856. The smallest absolute Gasteiger partial charge is 0.123 e. The Morgan fingerprint density at radius 1 is 1.50 bits per heavy atom. The van der Waals surface area contributed by atoms with Gasteiger partial charge in [-0.15, -0.1) is 0 Å². The lowest BCUT2D eigenvalue weighted by Crippen LogP contribution is -2.32. The second kappa shape index (κ2) is 5.31. The quantitative estimate of drug-likeness (QED) is 0.943. The van der Waals surface area contributed by atoms with E-state index < -0.39 is 6.17 Å². The lowest BCUT2D eigenvalue weighted by molar-refractivity contribution is 0.150. The van der Waals surface area contributed by atoms with E-state index in [9.17, 15) is 9.50 Å². The molecule has 0 amide bonds. The number of likely N-dealkylation sites (tertiary alicyclic amines) is 1. The van der Waals surface area contributed by atoms with Crippen LogP contribution < -0.4 is 0 Å².